The zero-order valence-electron chi connectivity index (χ0n) is 16.5. The number of hydrogen-bond acceptors (Lipinski definition) is 7. The quantitative estimate of drug-likeness (QED) is 0.545. The van der Waals surface area contributed by atoms with E-state index in [9.17, 15) is 14.4 Å². The highest BCUT2D eigenvalue weighted by Gasteiger charge is 2.37. The number of anilines is 1. The van der Waals surface area contributed by atoms with Crippen molar-refractivity contribution in [2.75, 3.05) is 37.8 Å². The molecule has 2 aromatic rings. The Bertz CT molecular complexity index is 988. The molecule has 0 unspecified atom stereocenters. The first kappa shape index (κ1) is 19.8. The summed E-state index contributed by atoms with van der Waals surface area (Å²) in [7, 11) is 1.66. The molecule has 29 heavy (non-hydrogen) atoms. The second-order valence-corrected chi connectivity index (χ2v) is 8.78. The number of nitrogens with zero attached hydrogens (tertiary/aromatic N) is 5. The number of carbonyl (C=O) groups excluding carboxylic acids is 3. The first-order valence-corrected chi connectivity index (χ1v) is 11.3. The van der Waals surface area contributed by atoms with Crippen molar-refractivity contribution in [1.29, 1.82) is 0 Å². The Balaban J connectivity index is 1.65. The zero-order valence-corrected chi connectivity index (χ0v) is 18.1. The maximum Gasteiger partial charge on any atom is 0.257 e. The summed E-state index contributed by atoms with van der Waals surface area (Å²) in [6.07, 6.45) is 5.57. The van der Waals surface area contributed by atoms with Crippen LogP contribution in [0.5, 0.6) is 0 Å². The van der Waals surface area contributed by atoms with Crippen LogP contribution in [0.2, 0.25) is 0 Å². The number of aromatic nitrogens is 2. The second-order valence-electron chi connectivity index (χ2n) is 6.92. The van der Waals surface area contributed by atoms with Gasteiger partial charge in [-0.2, -0.15) is 0 Å². The van der Waals surface area contributed by atoms with Crippen molar-refractivity contribution in [3.8, 4) is 0 Å². The molecule has 4 heterocycles. The number of thiophene rings is 1. The summed E-state index contributed by atoms with van der Waals surface area (Å²) in [6, 6.07) is 0. The highest BCUT2D eigenvalue weighted by molar-refractivity contribution is 7.98. The fourth-order valence-corrected chi connectivity index (χ4v) is 5.42. The second kappa shape index (κ2) is 7.75. The standard InChI is InChI=1S/C19H21N5O3S2/c1-4-24-14(25)10-22(2)17(27)15-12-5-6-23(9-13(12)29-18(15)24)16(26)11-7-20-19(28-3)21-8-11/h7-8H,4-6,9-10H2,1-3H3. The molecule has 4 rings (SSSR count). The van der Waals surface area contributed by atoms with E-state index in [0.717, 1.165) is 10.4 Å². The molecule has 0 saturated heterocycles. The van der Waals surface area contributed by atoms with Gasteiger partial charge in [0, 0.05) is 37.4 Å². The number of carbonyl (C=O) groups is 3. The van der Waals surface area contributed by atoms with Gasteiger partial charge in [-0.25, -0.2) is 9.97 Å². The van der Waals surface area contributed by atoms with Gasteiger partial charge < -0.3 is 14.7 Å². The normalized spacial score (nSPS) is 16.6. The molecule has 0 radical (unpaired) electrons. The third kappa shape index (κ3) is 3.40. The van der Waals surface area contributed by atoms with Gasteiger partial charge in [-0.15, -0.1) is 11.3 Å². The molecule has 10 heteroatoms. The van der Waals surface area contributed by atoms with E-state index in [0.29, 0.717) is 47.3 Å². The van der Waals surface area contributed by atoms with Crippen molar-refractivity contribution in [3.05, 3.63) is 34.0 Å². The fraction of sp³-hybridized carbons (Fsp3) is 0.421. The summed E-state index contributed by atoms with van der Waals surface area (Å²) >= 11 is 2.87. The lowest BCUT2D eigenvalue weighted by Crippen LogP contribution is -2.38. The molecule has 152 valence electrons. The number of thioether (sulfide) groups is 1. The van der Waals surface area contributed by atoms with Crippen LogP contribution < -0.4 is 4.90 Å². The van der Waals surface area contributed by atoms with E-state index in [1.807, 2.05) is 13.2 Å². The molecule has 2 aromatic heterocycles. The SMILES string of the molecule is CCN1C(=O)CN(C)C(=O)c2c1sc1c2CCN(C(=O)c2cnc(SC)nc2)C1. The van der Waals surface area contributed by atoms with Gasteiger partial charge in [0.1, 0.15) is 11.5 Å². The first-order chi connectivity index (χ1) is 13.9. The van der Waals surface area contributed by atoms with Gasteiger partial charge in [0.25, 0.3) is 11.8 Å². The Morgan fingerprint density at radius 2 is 1.97 bits per heavy atom. The largest absolute Gasteiger partial charge is 0.333 e. The molecular formula is C19H21N5O3S2. The van der Waals surface area contributed by atoms with Gasteiger partial charge in [0.2, 0.25) is 5.91 Å². The molecule has 0 atom stereocenters. The van der Waals surface area contributed by atoms with Crippen LogP contribution in [0.25, 0.3) is 0 Å². The maximum atomic E-state index is 12.9. The average molecular weight is 432 g/mol. The van der Waals surface area contributed by atoms with Crippen LogP contribution in [0.4, 0.5) is 5.00 Å². The first-order valence-electron chi connectivity index (χ1n) is 9.30. The fourth-order valence-electron chi connectivity index (χ4n) is 3.67. The highest BCUT2D eigenvalue weighted by Crippen LogP contribution is 2.41. The number of amides is 3. The average Bonchev–Trinajstić information content (AvgIpc) is 3.07. The van der Waals surface area contributed by atoms with Gasteiger partial charge in [0.15, 0.2) is 5.16 Å². The van der Waals surface area contributed by atoms with Gasteiger partial charge in [-0.05, 0) is 25.2 Å². The molecular weight excluding hydrogens is 410 g/mol. The van der Waals surface area contributed by atoms with Gasteiger partial charge >= 0.3 is 0 Å². The summed E-state index contributed by atoms with van der Waals surface area (Å²) in [4.78, 5) is 52.6. The molecule has 0 bridgehead atoms. The van der Waals surface area contributed by atoms with Crippen molar-refractivity contribution in [1.82, 2.24) is 19.8 Å². The lowest BCUT2D eigenvalue weighted by atomic mass is 10.0. The van der Waals surface area contributed by atoms with E-state index in [-0.39, 0.29) is 24.3 Å². The minimum Gasteiger partial charge on any atom is -0.333 e. The summed E-state index contributed by atoms with van der Waals surface area (Å²) in [6.45, 7) is 3.42. The molecule has 0 aliphatic carbocycles. The van der Waals surface area contributed by atoms with Crippen LogP contribution in [0.3, 0.4) is 0 Å². The minimum atomic E-state index is -0.126. The topological polar surface area (TPSA) is 86.7 Å². The van der Waals surface area contributed by atoms with Crippen LogP contribution in [0.15, 0.2) is 17.6 Å². The Labute approximate surface area is 176 Å². The van der Waals surface area contributed by atoms with Crippen molar-refractivity contribution in [2.24, 2.45) is 0 Å². The van der Waals surface area contributed by atoms with Crippen molar-refractivity contribution in [3.63, 3.8) is 0 Å². The van der Waals surface area contributed by atoms with Gasteiger partial charge in [0.05, 0.1) is 17.7 Å². The van der Waals surface area contributed by atoms with Crippen LogP contribution in [0.1, 0.15) is 38.1 Å². The predicted molar refractivity (Wildman–Crippen MR) is 112 cm³/mol. The Morgan fingerprint density at radius 1 is 1.24 bits per heavy atom. The third-order valence-electron chi connectivity index (χ3n) is 5.18. The molecule has 0 spiro atoms. The summed E-state index contributed by atoms with van der Waals surface area (Å²) in [5.41, 5.74) is 2.04. The van der Waals surface area contributed by atoms with Crippen molar-refractivity contribution in [2.45, 2.75) is 25.0 Å². The highest BCUT2D eigenvalue weighted by atomic mass is 32.2. The molecule has 0 saturated carbocycles. The third-order valence-corrected chi connectivity index (χ3v) is 6.99. The molecule has 8 nitrogen and oxygen atoms in total. The molecule has 0 fully saturated rings. The Hall–Kier alpha value is -2.46. The predicted octanol–water partition coefficient (Wildman–Crippen LogP) is 1.90. The van der Waals surface area contributed by atoms with Gasteiger partial charge in [-0.1, -0.05) is 11.8 Å². The number of likely N-dealkylation sites (N-methyl/N-ethyl adjacent to an activating group) is 2. The van der Waals surface area contributed by atoms with E-state index in [4.69, 9.17) is 0 Å². The summed E-state index contributed by atoms with van der Waals surface area (Å²) < 4.78 is 0. The Kier molecular flexibility index (Phi) is 5.30. The van der Waals surface area contributed by atoms with E-state index in [1.54, 1.807) is 29.2 Å². The molecule has 2 aliphatic rings. The van der Waals surface area contributed by atoms with Gasteiger partial charge in [-0.3, -0.25) is 14.4 Å². The molecule has 0 N–H and O–H groups in total. The van der Waals surface area contributed by atoms with Crippen LogP contribution in [0, 0.1) is 0 Å². The molecule has 3 amide bonds. The molecule has 2 aliphatic heterocycles. The van der Waals surface area contributed by atoms with Crippen LogP contribution >= 0.6 is 23.1 Å². The monoisotopic (exact) mass is 431 g/mol. The Morgan fingerprint density at radius 3 is 2.62 bits per heavy atom. The smallest absolute Gasteiger partial charge is 0.257 e. The van der Waals surface area contributed by atoms with Crippen LogP contribution in [-0.2, 0) is 17.8 Å². The lowest BCUT2D eigenvalue weighted by Gasteiger charge is -2.27. The maximum absolute atomic E-state index is 12.9. The van der Waals surface area contributed by atoms with Crippen molar-refractivity contribution < 1.29 is 14.4 Å². The van der Waals surface area contributed by atoms with E-state index < -0.39 is 0 Å². The number of fused-ring (bicyclic) bond motifs is 3. The zero-order chi connectivity index (χ0) is 20.7. The van der Waals surface area contributed by atoms with E-state index >= 15 is 0 Å². The van der Waals surface area contributed by atoms with E-state index in [1.165, 1.54) is 28.0 Å². The minimum absolute atomic E-state index is 0.0828. The molecule has 0 aromatic carbocycles. The van der Waals surface area contributed by atoms with E-state index in [2.05, 4.69) is 9.97 Å². The number of hydrogen-bond donors (Lipinski definition) is 0. The summed E-state index contributed by atoms with van der Waals surface area (Å²) in [5.74, 6) is -0.332. The van der Waals surface area contributed by atoms with Crippen LogP contribution in [-0.4, -0.2) is 70.4 Å². The lowest BCUT2D eigenvalue weighted by molar-refractivity contribution is -0.118. The van der Waals surface area contributed by atoms with Crippen molar-refractivity contribution >= 4 is 45.8 Å². The number of rotatable bonds is 3. The summed E-state index contributed by atoms with van der Waals surface area (Å²) in [5, 5.41) is 1.33.